The van der Waals surface area contributed by atoms with E-state index in [0.29, 0.717) is 5.56 Å². The van der Waals surface area contributed by atoms with E-state index in [9.17, 15) is 4.79 Å². The van der Waals surface area contributed by atoms with Gasteiger partial charge in [0.15, 0.2) is 5.78 Å². The second kappa shape index (κ2) is 3.83. The molecule has 0 aliphatic heterocycles. The van der Waals surface area contributed by atoms with Crippen LogP contribution in [0.2, 0.25) is 0 Å². The van der Waals surface area contributed by atoms with Gasteiger partial charge < -0.3 is 4.74 Å². The van der Waals surface area contributed by atoms with Gasteiger partial charge in [0.25, 0.3) is 0 Å². The number of hydrogen-bond acceptors (Lipinski definition) is 3. The molecule has 0 N–H and O–H groups in total. The average Bonchev–Trinajstić information content (AvgIpc) is 2.07. The Balaban J connectivity index is 2.69. The van der Waals surface area contributed by atoms with Gasteiger partial charge >= 0.3 is 0 Å². The topological polar surface area (TPSA) is 39.2 Å². The van der Waals surface area contributed by atoms with Crippen LogP contribution in [-0.2, 0) is 4.74 Å². The third-order valence-corrected chi connectivity index (χ3v) is 1.18. The van der Waals surface area contributed by atoms with Gasteiger partial charge in [-0.2, -0.15) is 0 Å². The maximum Gasteiger partial charge on any atom is 0.190 e. The van der Waals surface area contributed by atoms with Gasteiger partial charge in [-0.15, -0.1) is 0 Å². The summed E-state index contributed by atoms with van der Waals surface area (Å²) in [6, 6.07) is 3.35. The minimum atomic E-state index is -0.0967. The van der Waals surface area contributed by atoms with E-state index in [4.69, 9.17) is 0 Å². The first-order valence-electron chi connectivity index (χ1n) is 3.19. The van der Waals surface area contributed by atoms with Gasteiger partial charge in [0.1, 0.15) is 12.8 Å². The quantitative estimate of drug-likeness (QED) is 0.596. The number of pyridine rings is 1. The van der Waals surface area contributed by atoms with Gasteiger partial charge in [-0.05, 0) is 12.1 Å². The van der Waals surface area contributed by atoms with Crippen LogP contribution in [0.4, 0.5) is 0 Å². The fraction of sp³-hybridized carbons (Fsp3) is 0.250. The number of hydrogen-bond donors (Lipinski definition) is 0. The first-order chi connectivity index (χ1) is 5.34. The summed E-state index contributed by atoms with van der Waals surface area (Å²) in [5, 5.41) is 0. The lowest BCUT2D eigenvalue weighted by Gasteiger charge is -1.95. The molecule has 0 saturated heterocycles. The van der Waals surface area contributed by atoms with Crippen molar-refractivity contribution < 1.29 is 9.53 Å². The first-order valence-corrected chi connectivity index (χ1v) is 3.19. The minimum Gasteiger partial charge on any atom is -0.377 e. The number of nitrogens with zero attached hydrogens (tertiary/aromatic N) is 1. The molecule has 1 rings (SSSR count). The maximum atomic E-state index is 11.0. The highest BCUT2D eigenvalue weighted by molar-refractivity contribution is 5.96. The van der Waals surface area contributed by atoms with Crippen LogP contribution < -0.4 is 0 Å². The molecular formula is C8H8NO2. The third-order valence-electron chi connectivity index (χ3n) is 1.18. The lowest BCUT2D eigenvalue weighted by molar-refractivity contribution is 0.0847. The Bertz CT molecular complexity index is 233. The van der Waals surface area contributed by atoms with E-state index in [1.165, 1.54) is 7.11 Å². The molecule has 3 heteroatoms. The van der Waals surface area contributed by atoms with Crippen molar-refractivity contribution in [2.24, 2.45) is 0 Å². The Hall–Kier alpha value is -1.22. The Kier molecular flexibility index (Phi) is 2.74. The summed E-state index contributed by atoms with van der Waals surface area (Å²) in [4.78, 5) is 14.7. The van der Waals surface area contributed by atoms with Gasteiger partial charge in [-0.3, -0.25) is 9.78 Å². The summed E-state index contributed by atoms with van der Waals surface area (Å²) in [6.07, 6.45) is 4.15. The summed E-state index contributed by atoms with van der Waals surface area (Å²) in [5.41, 5.74) is 0.467. The van der Waals surface area contributed by atoms with E-state index in [1.807, 2.05) is 0 Å². The molecule has 1 heterocycles. The first kappa shape index (κ1) is 7.88. The largest absolute Gasteiger partial charge is 0.377 e. The lowest BCUT2D eigenvalue weighted by Crippen LogP contribution is -2.06. The molecule has 0 spiro atoms. The number of carbonyl (C=O) groups is 1. The molecule has 0 amide bonds. The fourth-order valence-corrected chi connectivity index (χ4v) is 0.691. The number of aromatic nitrogens is 1. The van der Waals surface area contributed by atoms with Crippen molar-refractivity contribution in [2.75, 3.05) is 13.7 Å². The molecule has 0 bridgehead atoms. The molecule has 0 aromatic carbocycles. The van der Waals surface area contributed by atoms with Crippen LogP contribution in [0, 0.1) is 6.20 Å². The molecule has 0 aliphatic carbocycles. The van der Waals surface area contributed by atoms with E-state index >= 15 is 0 Å². The van der Waals surface area contributed by atoms with Gasteiger partial charge in [0.2, 0.25) is 0 Å². The van der Waals surface area contributed by atoms with Gasteiger partial charge in [-0.1, -0.05) is 0 Å². The van der Waals surface area contributed by atoms with Crippen LogP contribution in [0.1, 0.15) is 10.4 Å². The highest BCUT2D eigenvalue weighted by Gasteiger charge is 2.03. The molecule has 0 aliphatic rings. The Morgan fingerprint density at radius 1 is 1.82 bits per heavy atom. The van der Waals surface area contributed by atoms with Crippen molar-refractivity contribution in [3.63, 3.8) is 0 Å². The predicted molar refractivity (Wildman–Crippen MR) is 39.3 cm³/mol. The van der Waals surface area contributed by atoms with E-state index < -0.39 is 0 Å². The van der Waals surface area contributed by atoms with Crippen molar-refractivity contribution >= 4 is 5.78 Å². The highest BCUT2D eigenvalue weighted by Crippen LogP contribution is 1.95. The smallest absolute Gasteiger partial charge is 0.190 e. The summed E-state index contributed by atoms with van der Waals surface area (Å²) in [5.74, 6) is -0.0967. The molecule has 1 radical (unpaired) electrons. The molecule has 1 aromatic rings. The van der Waals surface area contributed by atoms with Crippen LogP contribution >= 0.6 is 0 Å². The lowest BCUT2D eigenvalue weighted by atomic mass is 10.2. The number of ether oxygens (including phenoxy) is 1. The van der Waals surface area contributed by atoms with Gasteiger partial charge in [0.05, 0.1) is 0 Å². The number of Topliss-reactive ketones (excluding diaryl/α,β-unsaturated/α-hetero) is 1. The minimum absolute atomic E-state index is 0.0855. The highest BCUT2D eigenvalue weighted by atomic mass is 16.5. The van der Waals surface area contributed by atoms with Crippen molar-refractivity contribution in [3.8, 4) is 0 Å². The SMILES string of the molecule is COCC(=O)c1[c]nccc1. The molecule has 0 unspecified atom stereocenters. The Labute approximate surface area is 65.0 Å². The zero-order valence-corrected chi connectivity index (χ0v) is 6.20. The number of rotatable bonds is 3. The molecule has 0 fully saturated rings. The van der Waals surface area contributed by atoms with Crippen molar-refractivity contribution in [2.45, 2.75) is 0 Å². The maximum absolute atomic E-state index is 11.0. The summed E-state index contributed by atoms with van der Waals surface area (Å²) in [6.45, 7) is 0.0855. The van der Waals surface area contributed by atoms with Crippen LogP contribution in [0.15, 0.2) is 18.3 Å². The van der Waals surface area contributed by atoms with Crippen LogP contribution in [0.25, 0.3) is 0 Å². The van der Waals surface area contributed by atoms with E-state index in [2.05, 4.69) is 15.9 Å². The van der Waals surface area contributed by atoms with Crippen molar-refractivity contribution in [3.05, 3.63) is 30.1 Å². The molecule has 0 atom stereocenters. The Morgan fingerprint density at radius 2 is 2.64 bits per heavy atom. The molecule has 1 aromatic heterocycles. The predicted octanol–water partition coefficient (Wildman–Crippen LogP) is 0.711. The van der Waals surface area contributed by atoms with E-state index in [-0.39, 0.29) is 12.4 Å². The third kappa shape index (κ3) is 2.13. The van der Waals surface area contributed by atoms with Crippen molar-refractivity contribution in [1.82, 2.24) is 4.98 Å². The Morgan fingerprint density at radius 3 is 3.18 bits per heavy atom. The van der Waals surface area contributed by atoms with Crippen molar-refractivity contribution in [1.29, 1.82) is 0 Å². The van der Waals surface area contributed by atoms with Crippen LogP contribution in [-0.4, -0.2) is 24.5 Å². The summed E-state index contributed by atoms with van der Waals surface area (Å²) in [7, 11) is 1.48. The normalized spacial score (nSPS) is 9.55. The zero-order valence-electron chi connectivity index (χ0n) is 6.20. The monoisotopic (exact) mass is 150 g/mol. The average molecular weight is 150 g/mol. The van der Waals surface area contributed by atoms with E-state index in [1.54, 1.807) is 18.3 Å². The molecule has 57 valence electrons. The number of ketones is 1. The number of carbonyl (C=O) groups excluding carboxylic acids is 1. The standard InChI is InChI=1S/C8H8NO2/c1-11-6-8(10)7-3-2-4-9-5-7/h2-4H,6H2,1H3. The van der Waals surface area contributed by atoms with Gasteiger partial charge in [-0.25, -0.2) is 0 Å². The second-order valence-electron chi connectivity index (χ2n) is 2.02. The molecule has 0 saturated carbocycles. The zero-order chi connectivity index (χ0) is 8.10. The number of methoxy groups -OCH3 is 1. The van der Waals surface area contributed by atoms with E-state index in [0.717, 1.165) is 0 Å². The van der Waals surface area contributed by atoms with Crippen LogP contribution in [0.5, 0.6) is 0 Å². The van der Waals surface area contributed by atoms with Crippen LogP contribution in [0.3, 0.4) is 0 Å². The second-order valence-corrected chi connectivity index (χ2v) is 2.02. The fourth-order valence-electron chi connectivity index (χ4n) is 0.691. The molecule has 11 heavy (non-hydrogen) atoms. The molecular weight excluding hydrogens is 142 g/mol. The molecule has 3 nitrogen and oxygen atoms in total. The summed E-state index contributed by atoms with van der Waals surface area (Å²) < 4.78 is 4.66. The van der Waals surface area contributed by atoms with Gasteiger partial charge in [0, 0.05) is 18.9 Å². The summed E-state index contributed by atoms with van der Waals surface area (Å²) >= 11 is 0.